The van der Waals surface area contributed by atoms with Crippen molar-refractivity contribution < 1.29 is 4.79 Å². The Morgan fingerprint density at radius 2 is 2.00 bits per heavy atom. The van der Waals surface area contributed by atoms with Gasteiger partial charge in [-0.15, -0.1) is 0 Å². The van der Waals surface area contributed by atoms with Crippen molar-refractivity contribution in [2.24, 2.45) is 0 Å². The normalized spacial score (nSPS) is 10.4. The summed E-state index contributed by atoms with van der Waals surface area (Å²) < 4.78 is 0. The molecule has 0 bridgehead atoms. The van der Waals surface area contributed by atoms with Crippen LogP contribution >= 0.6 is 0 Å². The molecule has 2 heterocycles. The molecule has 2 rings (SSSR count). The van der Waals surface area contributed by atoms with Crippen LogP contribution in [0.4, 0.5) is 5.82 Å². The molecule has 4 nitrogen and oxygen atoms in total. The smallest absolute Gasteiger partial charge is 0.185 e. The predicted octanol–water partition coefficient (Wildman–Crippen LogP) is 2.87. The molecule has 0 fully saturated rings. The standard InChI is InChI=1S/C16H19N3O/c1-10-7-13(16(17-4)18-9-10)8-14(20)15-11(2)5-6-12(3)19-15/h5-7,9H,8H2,1-4H3,(H,17,18). The largest absolute Gasteiger partial charge is 0.373 e. The maximum Gasteiger partial charge on any atom is 0.185 e. The SMILES string of the molecule is CNc1ncc(C)cc1CC(=O)c1nc(C)ccc1C. The Hall–Kier alpha value is -2.23. The van der Waals surface area contributed by atoms with Gasteiger partial charge in [-0.2, -0.15) is 0 Å². The Morgan fingerprint density at radius 3 is 2.70 bits per heavy atom. The summed E-state index contributed by atoms with van der Waals surface area (Å²) >= 11 is 0. The first kappa shape index (κ1) is 14.2. The first-order chi connectivity index (χ1) is 9.51. The molecule has 0 amide bonds. The number of anilines is 1. The summed E-state index contributed by atoms with van der Waals surface area (Å²) in [6, 6.07) is 5.84. The van der Waals surface area contributed by atoms with Gasteiger partial charge in [-0.05, 0) is 38.0 Å². The van der Waals surface area contributed by atoms with Crippen LogP contribution in [0.3, 0.4) is 0 Å². The number of ketones is 1. The van der Waals surface area contributed by atoms with Crippen molar-refractivity contribution in [3.05, 3.63) is 52.5 Å². The minimum atomic E-state index is 0.0232. The minimum absolute atomic E-state index is 0.0232. The van der Waals surface area contributed by atoms with Gasteiger partial charge in [0.25, 0.3) is 0 Å². The molecule has 0 atom stereocenters. The highest BCUT2D eigenvalue weighted by atomic mass is 16.1. The van der Waals surface area contributed by atoms with Gasteiger partial charge in [-0.3, -0.25) is 4.79 Å². The van der Waals surface area contributed by atoms with E-state index < -0.39 is 0 Å². The molecule has 104 valence electrons. The number of rotatable bonds is 4. The van der Waals surface area contributed by atoms with Crippen LogP contribution in [0.5, 0.6) is 0 Å². The molecule has 0 aliphatic carbocycles. The fourth-order valence-electron chi connectivity index (χ4n) is 2.15. The lowest BCUT2D eigenvalue weighted by molar-refractivity contribution is 0.0987. The van der Waals surface area contributed by atoms with E-state index in [2.05, 4.69) is 15.3 Å². The number of aromatic nitrogens is 2. The van der Waals surface area contributed by atoms with Crippen LogP contribution in [0.25, 0.3) is 0 Å². The summed E-state index contributed by atoms with van der Waals surface area (Å²) in [5.74, 6) is 0.768. The number of Topliss-reactive ketones (excluding diaryl/α,β-unsaturated/α-hetero) is 1. The van der Waals surface area contributed by atoms with E-state index in [0.717, 1.165) is 28.2 Å². The van der Waals surface area contributed by atoms with Crippen LogP contribution in [0.1, 0.15) is 32.9 Å². The van der Waals surface area contributed by atoms with Crippen molar-refractivity contribution in [3.63, 3.8) is 0 Å². The van der Waals surface area contributed by atoms with Gasteiger partial charge in [0.05, 0.1) is 0 Å². The van der Waals surface area contributed by atoms with Gasteiger partial charge in [0.2, 0.25) is 0 Å². The number of pyridine rings is 2. The van der Waals surface area contributed by atoms with Crippen molar-refractivity contribution in [1.29, 1.82) is 0 Å². The first-order valence-electron chi connectivity index (χ1n) is 6.62. The summed E-state index contributed by atoms with van der Waals surface area (Å²) in [4.78, 5) is 21.1. The minimum Gasteiger partial charge on any atom is -0.373 e. The molecule has 0 aromatic carbocycles. The van der Waals surface area contributed by atoms with Crippen molar-refractivity contribution >= 4 is 11.6 Å². The second kappa shape index (κ2) is 5.82. The molecular weight excluding hydrogens is 250 g/mol. The molecule has 0 spiro atoms. The highest BCUT2D eigenvalue weighted by molar-refractivity contribution is 5.97. The Balaban J connectivity index is 2.32. The topological polar surface area (TPSA) is 54.9 Å². The maximum absolute atomic E-state index is 12.4. The van der Waals surface area contributed by atoms with E-state index in [9.17, 15) is 4.79 Å². The fraction of sp³-hybridized carbons (Fsp3) is 0.312. The molecule has 0 aliphatic rings. The maximum atomic E-state index is 12.4. The van der Waals surface area contributed by atoms with Gasteiger partial charge in [-0.25, -0.2) is 9.97 Å². The van der Waals surface area contributed by atoms with E-state index in [-0.39, 0.29) is 5.78 Å². The van der Waals surface area contributed by atoms with Gasteiger partial charge in [0.1, 0.15) is 11.5 Å². The zero-order valence-electron chi connectivity index (χ0n) is 12.3. The number of carbonyl (C=O) groups excluding carboxylic acids is 1. The van der Waals surface area contributed by atoms with Gasteiger partial charge in [-0.1, -0.05) is 12.1 Å². The average molecular weight is 269 g/mol. The van der Waals surface area contributed by atoms with Crippen LogP contribution < -0.4 is 5.32 Å². The number of aryl methyl sites for hydroxylation is 3. The third-order valence-electron chi connectivity index (χ3n) is 3.19. The van der Waals surface area contributed by atoms with Gasteiger partial charge < -0.3 is 5.32 Å². The lowest BCUT2D eigenvalue weighted by Gasteiger charge is -2.09. The molecular formula is C16H19N3O. The van der Waals surface area contributed by atoms with E-state index >= 15 is 0 Å². The molecule has 0 unspecified atom stereocenters. The quantitative estimate of drug-likeness (QED) is 0.867. The van der Waals surface area contributed by atoms with Crippen LogP contribution in [0, 0.1) is 20.8 Å². The number of nitrogens with one attached hydrogen (secondary N) is 1. The third kappa shape index (κ3) is 3.02. The van der Waals surface area contributed by atoms with Crippen molar-refractivity contribution in [2.75, 3.05) is 12.4 Å². The van der Waals surface area contributed by atoms with E-state index in [4.69, 9.17) is 0 Å². The first-order valence-corrected chi connectivity index (χ1v) is 6.62. The van der Waals surface area contributed by atoms with Gasteiger partial charge >= 0.3 is 0 Å². The summed E-state index contributed by atoms with van der Waals surface area (Å²) in [6.45, 7) is 5.77. The summed E-state index contributed by atoms with van der Waals surface area (Å²) in [5.41, 5.74) is 4.26. The molecule has 0 radical (unpaired) electrons. The summed E-state index contributed by atoms with van der Waals surface area (Å²) in [7, 11) is 1.81. The Kier molecular flexibility index (Phi) is 4.13. The lowest BCUT2D eigenvalue weighted by Crippen LogP contribution is -2.11. The molecule has 20 heavy (non-hydrogen) atoms. The summed E-state index contributed by atoms with van der Waals surface area (Å²) in [5, 5.41) is 3.02. The molecule has 0 saturated carbocycles. The van der Waals surface area contributed by atoms with E-state index in [1.807, 2.05) is 46.0 Å². The second-order valence-corrected chi connectivity index (χ2v) is 4.99. The molecule has 4 heteroatoms. The predicted molar refractivity (Wildman–Crippen MR) is 80.3 cm³/mol. The Labute approximate surface area is 119 Å². The average Bonchev–Trinajstić information content (AvgIpc) is 2.41. The highest BCUT2D eigenvalue weighted by Crippen LogP contribution is 2.17. The van der Waals surface area contributed by atoms with Gasteiger partial charge in [0.15, 0.2) is 5.78 Å². The third-order valence-corrected chi connectivity index (χ3v) is 3.19. The number of hydrogen-bond acceptors (Lipinski definition) is 4. The number of carbonyl (C=O) groups is 1. The zero-order chi connectivity index (χ0) is 14.7. The van der Waals surface area contributed by atoms with Crippen LogP contribution in [0.15, 0.2) is 24.4 Å². The van der Waals surface area contributed by atoms with E-state index in [0.29, 0.717) is 12.1 Å². The van der Waals surface area contributed by atoms with Gasteiger partial charge in [0, 0.05) is 30.9 Å². The van der Waals surface area contributed by atoms with Crippen LogP contribution in [0.2, 0.25) is 0 Å². The van der Waals surface area contributed by atoms with Crippen molar-refractivity contribution in [1.82, 2.24) is 9.97 Å². The molecule has 1 N–H and O–H groups in total. The Bertz CT molecular complexity index is 650. The lowest BCUT2D eigenvalue weighted by atomic mass is 10.0. The Morgan fingerprint density at radius 1 is 1.25 bits per heavy atom. The molecule has 2 aromatic heterocycles. The van der Waals surface area contributed by atoms with Crippen molar-refractivity contribution in [3.8, 4) is 0 Å². The number of nitrogens with zero attached hydrogens (tertiary/aromatic N) is 2. The zero-order valence-corrected chi connectivity index (χ0v) is 12.3. The van der Waals surface area contributed by atoms with Crippen LogP contribution in [-0.4, -0.2) is 22.8 Å². The monoisotopic (exact) mass is 269 g/mol. The second-order valence-electron chi connectivity index (χ2n) is 4.99. The molecule has 2 aromatic rings. The van der Waals surface area contributed by atoms with E-state index in [1.54, 1.807) is 6.20 Å². The number of hydrogen-bond donors (Lipinski definition) is 1. The molecule has 0 aliphatic heterocycles. The fourth-order valence-corrected chi connectivity index (χ4v) is 2.15. The van der Waals surface area contributed by atoms with Crippen molar-refractivity contribution in [2.45, 2.75) is 27.2 Å². The highest BCUT2D eigenvalue weighted by Gasteiger charge is 2.14. The molecule has 0 saturated heterocycles. The summed E-state index contributed by atoms with van der Waals surface area (Å²) in [6.07, 6.45) is 2.10. The van der Waals surface area contributed by atoms with Crippen LogP contribution in [-0.2, 0) is 6.42 Å². The van der Waals surface area contributed by atoms with E-state index in [1.165, 1.54) is 0 Å².